The van der Waals surface area contributed by atoms with Crippen LogP contribution in [0.3, 0.4) is 0 Å². The van der Waals surface area contributed by atoms with Crippen molar-refractivity contribution < 1.29 is 32.2 Å². The largest absolute Gasteiger partial charge is 0.491 e. The van der Waals surface area contributed by atoms with Gasteiger partial charge in [0.1, 0.15) is 30.8 Å². The molecule has 0 heterocycles. The number of likely N-dealkylation sites (N-methyl/N-ethyl adjacent to an activating group) is 1. The minimum atomic E-state index is -3.73. The Morgan fingerprint density at radius 1 is 1.02 bits per heavy atom. The maximum atomic E-state index is 13.5. The van der Waals surface area contributed by atoms with Crippen molar-refractivity contribution in [1.82, 2.24) is 9.62 Å². The quantitative estimate of drug-likeness (QED) is 0.109. The molecule has 0 fully saturated rings. The van der Waals surface area contributed by atoms with Gasteiger partial charge in [-0.25, -0.2) is 17.9 Å². The van der Waals surface area contributed by atoms with E-state index in [4.69, 9.17) is 14.2 Å². The molecule has 2 aromatic carbocycles. The fourth-order valence-electron chi connectivity index (χ4n) is 4.14. The zero-order chi connectivity index (χ0) is 33.2. The summed E-state index contributed by atoms with van der Waals surface area (Å²) in [4.78, 5) is 28.3. The number of nitrogens with zero attached hydrogens (tertiary/aromatic N) is 1. The van der Waals surface area contributed by atoms with Gasteiger partial charge in [0.05, 0.1) is 24.1 Å². The fourth-order valence-corrected chi connectivity index (χ4v) is 4.85. The molecule has 0 aromatic heterocycles. The molecule has 0 aliphatic rings. The normalized spacial score (nSPS) is 12.1. The van der Waals surface area contributed by atoms with Gasteiger partial charge in [-0.15, -0.1) is 0 Å². The number of benzene rings is 2. The van der Waals surface area contributed by atoms with Gasteiger partial charge < -0.3 is 24.4 Å². The number of anilines is 1. The summed E-state index contributed by atoms with van der Waals surface area (Å²) in [6, 6.07) is 10.5. The number of sulfonamides is 1. The van der Waals surface area contributed by atoms with E-state index in [2.05, 4.69) is 28.1 Å². The van der Waals surface area contributed by atoms with E-state index in [9.17, 15) is 18.0 Å². The number of hydrogen-bond donors (Lipinski definition) is 2. The van der Waals surface area contributed by atoms with E-state index in [-0.39, 0.29) is 18.6 Å². The van der Waals surface area contributed by atoms with Gasteiger partial charge in [0.25, 0.3) is 0 Å². The average Bonchev–Trinajstić information content (AvgIpc) is 3.01. The van der Waals surface area contributed by atoms with Gasteiger partial charge in [-0.3, -0.25) is 4.79 Å². The lowest BCUT2D eigenvalue weighted by Gasteiger charge is -2.20. The number of unbranched alkanes of at least 4 members (excludes halogenated alkanes) is 1. The third-order valence-corrected chi connectivity index (χ3v) is 7.41. The van der Waals surface area contributed by atoms with E-state index in [0.717, 1.165) is 37.8 Å². The smallest absolute Gasteiger partial charge is 0.338 e. The molecule has 1 amide bonds. The Hall–Kier alpha value is -3.93. The van der Waals surface area contributed by atoms with Crippen molar-refractivity contribution in [3.05, 3.63) is 90.6 Å². The van der Waals surface area contributed by atoms with Gasteiger partial charge in [0, 0.05) is 6.54 Å². The molecule has 246 valence electrons. The standard InChI is InChI=1S/C34H47N3O7S/c1-7-11-13-26(5)25-44-29-17-14-27(15-18-29)23-31(36-45(6,40)41)33(38)35-30-19-16-28(24-32(30)42-21-12-8-2)34(39)43-22-20-37(9-3)10-4/h7,11,13-19,24,31,36H,1,5,8-10,12,20-23,25H2,2-4,6H3,(H,35,38)/b13-11-/t31-/m1/s1. The van der Waals surface area contributed by atoms with Crippen LogP contribution < -0.4 is 19.5 Å². The molecule has 0 unspecified atom stereocenters. The van der Waals surface area contributed by atoms with Crippen molar-refractivity contribution in [3.8, 4) is 11.5 Å². The summed E-state index contributed by atoms with van der Waals surface area (Å²) < 4.78 is 43.9. The van der Waals surface area contributed by atoms with Crippen molar-refractivity contribution in [3.63, 3.8) is 0 Å². The molecule has 2 aromatic rings. The van der Waals surface area contributed by atoms with Crippen molar-refractivity contribution in [2.24, 2.45) is 0 Å². The predicted molar refractivity (Wildman–Crippen MR) is 179 cm³/mol. The summed E-state index contributed by atoms with van der Waals surface area (Å²) >= 11 is 0. The Balaban J connectivity index is 2.19. The number of allylic oxidation sites excluding steroid dienone is 2. The van der Waals surface area contributed by atoms with E-state index in [0.29, 0.717) is 42.5 Å². The number of rotatable bonds is 21. The number of carbonyl (C=O) groups is 2. The van der Waals surface area contributed by atoms with Gasteiger partial charge in [-0.2, -0.15) is 0 Å². The van der Waals surface area contributed by atoms with E-state index in [1.54, 1.807) is 54.6 Å². The average molecular weight is 642 g/mol. The zero-order valence-corrected chi connectivity index (χ0v) is 27.7. The molecule has 11 heteroatoms. The van der Waals surface area contributed by atoms with E-state index >= 15 is 0 Å². The zero-order valence-electron chi connectivity index (χ0n) is 26.8. The summed E-state index contributed by atoms with van der Waals surface area (Å²) in [5.74, 6) is -0.188. The Bertz CT molecular complexity index is 1400. The second-order valence-electron chi connectivity index (χ2n) is 10.4. The lowest BCUT2D eigenvalue weighted by molar-refractivity contribution is -0.117. The molecule has 0 spiro atoms. The maximum Gasteiger partial charge on any atom is 0.338 e. The monoisotopic (exact) mass is 641 g/mol. The van der Waals surface area contributed by atoms with Crippen molar-refractivity contribution >= 4 is 27.6 Å². The molecule has 0 aliphatic carbocycles. The molecule has 0 bridgehead atoms. The Morgan fingerprint density at radius 3 is 2.36 bits per heavy atom. The number of nitrogens with one attached hydrogen (secondary N) is 2. The molecule has 2 rings (SSSR count). The van der Waals surface area contributed by atoms with Gasteiger partial charge in [-0.1, -0.05) is 70.7 Å². The molecular formula is C34H47N3O7S. The number of amides is 1. The lowest BCUT2D eigenvalue weighted by atomic mass is 10.1. The van der Waals surface area contributed by atoms with Crippen LogP contribution >= 0.6 is 0 Å². The minimum absolute atomic E-state index is 0.0803. The van der Waals surface area contributed by atoms with Crippen molar-refractivity contribution in [2.45, 2.75) is 46.1 Å². The summed E-state index contributed by atoms with van der Waals surface area (Å²) in [6.45, 7) is 16.9. The first-order valence-electron chi connectivity index (χ1n) is 15.1. The molecule has 0 aliphatic heterocycles. The number of carbonyl (C=O) groups excluding carboxylic acids is 2. The molecule has 10 nitrogen and oxygen atoms in total. The van der Waals surface area contributed by atoms with Crippen LogP contribution in [-0.4, -0.2) is 76.9 Å². The highest BCUT2D eigenvalue weighted by Gasteiger charge is 2.24. The molecule has 0 saturated carbocycles. The van der Waals surface area contributed by atoms with Crippen LogP contribution in [0.5, 0.6) is 11.5 Å². The van der Waals surface area contributed by atoms with Crippen LogP contribution in [-0.2, 0) is 26.0 Å². The summed E-state index contributed by atoms with van der Waals surface area (Å²) in [6.07, 6.45) is 7.96. The molecular weight excluding hydrogens is 594 g/mol. The molecule has 0 radical (unpaired) electrons. The molecule has 0 saturated heterocycles. The van der Waals surface area contributed by atoms with Crippen LogP contribution in [0.25, 0.3) is 0 Å². The van der Waals surface area contributed by atoms with Crippen LogP contribution in [0.2, 0.25) is 0 Å². The Morgan fingerprint density at radius 2 is 1.73 bits per heavy atom. The Kier molecular flexibility index (Phi) is 16.1. The van der Waals surface area contributed by atoms with Gasteiger partial charge in [-0.05, 0) is 67.4 Å². The summed E-state index contributed by atoms with van der Waals surface area (Å²) in [5.41, 5.74) is 2.08. The Labute approximate surface area is 268 Å². The van der Waals surface area contributed by atoms with Gasteiger partial charge in [0.2, 0.25) is 15.9 Å². The number of ether oxygens (including phenoxy) is 3. The first-order valence-corrected chi connectivity index (χ1v) is 17.0. The highest BCUT2D eigenvalue weighted by Crippen LogP contribution is 2.27. The van der Waals surface area contributed by atoms with Gasteiger partial charge in [0.15, 0.2) is 0 Å². The molecule has 2 N–H and O–H groups in total. The van der Waals surface area contributed by atoms with Gasteiger partial charge >= 0.3 is 5.97 Å². The number of hydrogen-bond acceptors (Lipinski definition) is 8. The third kappa shape index (κ3) is 14.1. The predicted octanol–water partition coefficient (Wildman–Crippen LogP) is 5.14. The minimum Gasteiger partial charge on any atom is -0.491 e. The van der Waals surface area contributed by atoms with Crippen LogP contribution in [0.4, 0.5) is 5.69 Å². The van der Waals surface area contributed by atoms with Crippen LogP contribution in [0.15, 0.2) is 79.4 Å². The first kappa shape index (κ1) is 37.3. The van der Waals surface area contributed by atoms with E-state index < -0.39 is 27.9 Å². The number of esters is 1. The second-order valence-corrected chi connectivity index (χ2v) is 12.2. The highest BCUT2D eigenvalue weighted by atomic mass is 32.2. The first-order chi connectivity index (χ1) is 21.5. The summed E-state index contributed by atoms with van der Waals surface area (Å²) in [7, 11) is -3.73. The SMILES string of the molecule is C=C/C=C\C(=C)COc1ccc(C[C@@H](NS(C)(=O)=O)C(=O)Nc2ccc(C(=O)OCCN(CC)CC)cc2OCCCC)cc1. The third-order valence-electron chi connectivity index (χ3n) is 6.69. The van der Waals surface area contributed by atoms with Crippen LogP contribution in [0.1, 0.15) is 49.5 Å². The summed E-state index contributed by atoms with van der Waals surface area (Å²) in [5, 5.41) is 2.78. The van der Waals surface area contributed by atoms with Crippen molar-refractivity contribution in [1.29, 1.82) is 0 Å². The van der Waals surface area contributed by atoms with Crippen molar-refractivity contribution in [2.75, 3.05) is 51.0 Å². The molecule has 1 atom stereocenters. The highest BCUT2D eigenvalue weighted by molar-refractivity contribution is 7.88. The fraction of sp³-hybridized carbons (Fsp3) is 0.412. The van der Waals surface area contributed by atoms with E-state index in [1.807, 2.05) is 20.8 Å². The maximum absolute atomic E-state index is 13.5. The van der Waals surface area contributed by atoms with E-state index in [1.165, 1.54) is 6.07 Å². The topological polar surface area (TPSA) is 123 Å². The van der Waals surface area contributed by atoms with Crippen LogP contribution in [0, 0.1) is 0 Å². The second kappa shape index (κ2) is 19.5. The molecule has 45 heavy (non-hydrogen) atoms. The lowest BCUT2D eigenvalue weighted by Crippen LogP contribution is -2.44.